The quantitative estimate of drug-likeness (QED) is 0.564. The zero-order valence-corrected chi connectivity index (χ0v) is 6.70. The van der Waals surface area contributed by atoms with E-state index in [4.69, 9.17) is 0 Å². The average molecular weight is 127 g/mol. The molecule has 1 aliphatic heterocycles. The van der Waals surface area contributed by atoms with Gasteiger partial charge in [0.05, 0.1) is 0 Å². The summed E-state index contributed by atoms with van der Waals surface area (Å²) in [7, 11) is 0. The lowest BCUT2D eigenvalue weighted by Gasteiger charge is -2.27. The van der Waals surface area contributed by atoms with Crippen LogP contribution in [-0.2, 0) is 0 Å². The molecular formula is C8H17N. The van der Waals surface area contributed by atoms with Gasteiger partial charge in [-0.1, -0.05) is 20.8 Å². The van der Waals surface area contributed by atoms with E-state index in [0.29, 0.717) is 5.41 Å². The van der Waals surface area contributed by atoms with Crippen molar-refractivity contribution in [1.82, 2.24) is 5.32 Å². The molecule has 0 amide bonds. The first-order valence-corrected chi connectivity index (χ1v) is 3.86. The Hall–Kier alpha value is -0.0400. The van der Waals surface area contributed by atoms with E-state index in [1.54, 1.807) is 0 Å². The van der Waals surface area contributed by atoms with Gasteiger partial charge in [-0.25, -0.2) is 0 Å². The monoisotopic (exact) mass is 127 g/mol. The fourth-order valence-corrected chi connectivity index (χ4v) is 1.33. The minimum absolute atomic E-state index is 0.583. The second-order valence-corrected chi connectivity index (χ2v) is 3.74. The Kier molecular flexibility index (Phi) is 1.80. The lowest BCUT2D eigenvalue weighted by molar-refractivity contribution is 0.249. The molecule has 0 aliphatic carbocycles. The molecule has 1 saturated heterocycles. The van der Waals surface area contributed by atoms with Crippen LogP contribution in [0.5, 0.6) is 0 Å². The van der Waals surface area contributed by atoms with E-state index in [0.717, 1.165) is 5.92 Å². The number of hydrogen-bond donors (Lipinski definition) is 1. The zero-order valence-electron chi connectivity index (χ0n) is 6.70. The van der Waals surface area contributed by atoms with Gasteiger partial charge in [0, 0.05) is 6.54 Å². The molecule has 1 N–H and O–H groups in total. The summed E-state index contributed by atoms with van der Waals surface area (Å²) in [6, 6.07) is 0. The number of nitrogens with one attached hydrogen (secondary N) is 1. The van der Waals surface area contributed by atoms with Crippen LogP contribution in [0.25, 0.3) is 0 Å². The minimum Gasteiger partial charge on any atom is -0.316 e. The first kappa shape index (κ1) is 7.07. The van der Waals surface area contributed by atoms with E-state index in [-0.39, 0.29) is 0 Å². The summed E-state index contributed by atoms with van der Waals surface area (Å²) in [6.07, 6.45) is 1.35. The van der Waals surface area contributed by atoms with Gasteiger partial charge in [-0.3, -0.25) is 0 Å². The van der Waals surface area contributed by atoms with E-state index in [1.165, 1.54) is 19.5 Å². The molecule has 0 saturated carbocycles. The summed E-state index contributed by atoms with van der Waals surface area (Å²) >= 11 is 0. The maximum Gasteiger partial charge on any atom is 0.000809 e. The van der Waals surface area contributed by atoms with E-state index in [1.807, 2.05) is 0 Å². The molecular weight excluding hydrogens is 110 g/mol. The van der Waals surface area contributed by atoms with E-state index < -0.39 is 0 Å². The molecule has 54 valence electrons. The molecule has 1 rings (SSSR count). The van der Waals surface area contributed by atoms with Gasteiger partial charge in [-0.05, 0) is 24.3 Å². The van der Waals surface area contributed by atoms with Gasteiger partial charge >= 0.3 is 0 Å². The largest absolute Gasteiger partial charge is 0.316 e. The second kappa shape index (κ2) is 2.30. The highest BCUT2D eigenvalue weighted by Crippen LogP contribution is 2.32. The molecule has 0 aromatic heterocycles. The standard InChI is InChI=1S/C8H17N/c1-7(2)8(3)4-5-9-6-8/h7,9H,4-6H2,1-3H3. The Bertz CT molecular complexity index is 90.7. The third-order valence-electron chi connectivity index (χ3n) is 2.80. The van der Waals surface area contributed by atoms with Crippen LogP contribution in [0.3, 0.4) is 0 Å². The molecule has 1 aliphatic rings. The highest BCUT2D eigenvalue weighted by molar-refractivity contribution is 4.85. The summed E-state index contributed by atoms with van der Waals surface area (Å²) < 4.78 is 0. The summed E-state index contributed by atoms with van der Waals surface area (Å²) in [6.45, 7) is 9.43. The van der Waals surface area contributed by atoms with Crippen LogP contribution in [-0.4, -0.2) is 13.1 Å². The molecule has 1 nitrogen and oxygen atoms in total. The van der Waals surface area contributed by atoms with Crippen molar-refractivity contribution < 1.29 is 0 Å². The van der Waals surface area contributed by atoms with Gasteiger partial charge in [0.25, 0.3) is 0 Å². The van der Waals surface area contributed by atoms with E-state index in [2.05, 4.69) is 26.1 Å². The third kappa shape index (κ3) is 1.26. The molecule has 1 unspecified atom stereocenters. The molecule has 9 heavy (non-hydrogen) atoms. The summed E-state index contributed by atoms with van der Waals surface area (Å²) in [5.74, 6) is 0.826. The van der Waals surface area contributed by atoms with E-state index in [9.17, 15) is 0 Å². The highest BCUT2D eigenvalue weighted by Gasteiger charge is 2.31. The van der Waals surface area contributed by atoms with Crippen LogP contribution in [0.1, 0.15) is 27.2 Å². The third-order valence-corrected chi connectivity index (χ3v) is 2.80. The Labute approximate surface area is 57.8 Å². The van der Waals surface area contributed by atoms with Crippen LogP contribution in [0.2, 0.25) is 0 Å². The van der Waals surface area contributed by atoms with Gasteiger partial charge in [0.2, 0.25) is 0 Å². The van der Waals surface area contributed by atoms with Crippen molar-refractivity contribution in [2.75, 3.05) is 13.1 Å². The van der Waals surface area contributed by atoms with Crippen molar-refractivity contribution in [2.45, 2.75) is 27.2 Å². The smallest absolute Gasteiger partial charge is 0.000809 e. The molecule has 1 atom stereocenters. The predicted molar refractivity (Wildman–Crippen MR) is 40.4 cm³/mol. The van der Waals surface area contributed by atoms with Gasteiger partial charge < -0.3 is 5.32 Å². The molecule has 0 radical (unpaired) electrons. The summed E-state index contributed by atoms with van der Waals surface area (Å²) in [4.78, 5) is 0. The van der Waals surface area contributed by atoms with Crippen LogP contribution in [0.15, 0.2) is 0 Å². The van der Waals surface area contributed by atoms with E-state index >= 15 is 0 Å². The van der Waals surface area contributed by atoms with Crippen molar-refractivity contribution in [1.29, 1.82) is 0 Å². The predicted octanol–water partition coefficient (Wildman–Crippen LogP) is 1.64. The normalized spacial score (nSPS) is 36.0. The molecule has 0 bridgehead atoms. The lowest BCUT2D eigenvalue weighted by Crippen LogP contribution is -2.25. The first-order valence-electron chi connectivity index (χ1n) is 3.86. The van der Waals surface area contributed by atoms with Crippen LogP contribution < -0.4 is 5.32 Å². The Balaban J connectivity index is 2.51. The lowest BCUT2D eigenvalue weighted by atomic mass is 9.79. The average Bonchev–Trinajstić information content (AvgIpc) is 2.16. The van der Waals surface area contributed by atoms with Gasteiger partial charge in [-0.2, -0.15) is 0 Å². The zero-order chi connectivity index (χ0) is 6.91. The number of hydrogen-bond acceptors (Lipinski definition) is 1. The fraction of sp³-hybridized carbons (Fsp3) is 1.00. The summed E-state index contributed by atoms with van der Waals surface area (Å²) in [5.41, 5.74) is 0.583. The van der Waals surface area contributed by atoms with Crippen molar-refractivity contribution in [3.8, 4) is 0 Å². The second-order valence-electron chi connectivity index (χ2n) is 3.74. The molecule has 1 heterocycles. The van der Waals surface area contributed by atoms with Crippen molar-refractivity contribution in [3.63, 3.8) is 0 Å². The Morgan fingerprint density at radius 3 is 2.33 bits per heavy atom. The molecule has 0 aromatic carbocycles. The fourth-order valence-electron chi connectivity index (χ4n) is 1.33. The topological polar surface area (TPSA) is 12.0 Å². The van der Waals surface area contributed by atoms with Gasteiger partial charge in [0.1, 0.15) is 0 Å². The first-order chi connectivity index (χ1) is 4.15. The molecule has 0 aromatic rings. The molecule has 1 fully saturated rings. The van der Waals surface area contributed by atoms with Crippen LogP contribution in [0.4, 0.5) is 0 Å². The minimum atomic E-state index is 0.583. The van der Waals surface area contributed by atoms with Crippen LogP contribution in [0, 0.1) is 11.3 Å². The van der Waals surface area contributed by atoms with Crippen molar-refractivity contribution in [3.05, 3.63) is 0 Å². The van der Waals surface area contributed by atoms with Crippen LogP contribution >= 0.6 is 0 Å². The highest BCUT2D eigenvalue weighted by atomic mass is 14.9. The van der Waals surface area contributed by atoms with Crippen molar-refractivity contribution >= 4 is 0 Å². The molecule has 0 spiro atoms. The molecule has 1 heteroatoms. The maximum atomic E-state index is 3.39. The SMILES string of the molecule is CC(C)C1(C)CCNC1. The Morgan fingerprint density at radius 1 is 1.44 bits per heavy atom. The summed E-state index contributed by atoms with van der Waals surface area (Å²) in [5, 5.41) is 3.39. The maximum absolute atomic E-state index is 3.39. The number of rotatable bonds is 1. The van der Waals surface area contributed by atoms with Gasteiger partial charge in [-0.15, -0.1) is 0 Å². The Morgan fingerprint density at radius 2 is 2.11 bits per heavy atom. The van der Waals surface area contributed by atoms with Gasteiger partial charge in [0.15, 0.2) is 0 Å². The van der Waals surface area contributed by atoms with Crippen molar-refractivity contribution in [2.24, 2.45) is 11.3 Å².